The molecule has 1 aromatic heterocycles. The number of halogens is 1. The lowest BCUT2D eigenvalue weighted by molar-refractivity contribution is 0.176. The third kappa shape index (κ3) is 2.51. The Morgan fingerprint density at radius 1 is 1.45 bits per heavy atom. The van der Waals surface area contributed by atoms with Crippen LogP contribution in [0.2, 0.25) is 5.02 Å². The first-order valence-electron chi connectivity index (χ1n) is 6.69. The molecule has 3 rings (SSSR count). The van der Waals surface area contributed by atoms with E-state index in [1.807, 2.05) is 31.2 Å². The summed E-state index contributed by atoms with van der Waals surface area (Å²) in [5, 5.41) is 11.1. The highest BCUT2D eigenvalue weighted by molar-refractivity contribution is 6.30. The van der Waals surface area contributed by atoms with Gasteiger partial charge < -0.3 is 9.84 Å². The summed E-state index contributed by atoms with van der Waals surface area (Å²) in [5.74, 6) is 0.884. The molecule has 1 N–H and O–H groups in total. The second kappa shape index (κ2) is 5.43. The molecule has 2 aromatic rings. The van der Waals surface area contributed by atoms with Gasteiger partial charge in [-0.25, -0.2) is 0 Å². The van der Waals surface area contributed by atoms with Crippen LogP contribution in [-0.4, -0.2) is 16.7 Å². The molecule has 20 heavy (non-hydrogen) atoms. The first kappa shape index (κ1) is 13.4. The molecule has 104 valence electrons. The van der Waals surface area contributed by atoms with Crippen LogP contribution in [-0.2, 0) is 12.8 Å². The normalized spacial score (nSPS) is 14.8. The molecular weight excluding hydrogens is 274 g/mol. The van der Waals surface area contributed by atoms with Crippen LogP contribution in [0.25, 0.3) is 0 Å². The maximum Gasteiger partial charge on any atom is 0.126 e. The van der Waals surface area contributed by atoms with E-state index in [4.69, 9.17) is 16.3 Å². The zero-order valence-corrected chi connectivity index (χ0v) is 12.0. The molecule has 4 heteroatoms. The van der Waals surface area contributed by atoms with Crippen molar-refractivity contribution >= 4 is 11.6 Å². The molecule has 3 nitrogen and oxygen atoms in total. The van der Waals surface area contributed by atoms with Crippen molar-refractivity contribution in [2.75, 3.05) is 6.61 Å². The zero-order valence-electron chi connectivity index (χ0n) is 11.3. The molecule has 1 aliphatic heterocycles. The van der Waals surface area contributed by atoms with E-state index in [9.17, 15) is 5.11 Å². The second-order valence-corrected chi connectivity index (χ2v) is 5.49. The van der Waals surface area contributed by atoms with E-state index in [0.29, 0.717) is 18.1 Å². The van der Waals surface area contributed by atoms with Gasteiger partial charge >= 0.3 is 0 Å². The molecule has 0 fully saturated rings. The number of aryl methyl sites for hydroxylation is 1. The Labute approximate surface area is 123 Å². The third-order valence-corrected chi connectivity index (χ3v) is 3.86. The van der Waals surface area contributed by atoms with Crippen LogP contribution in [0.4, 0.5) is 0 Å². The lowest BCUT2D eigenvalue weighted by Crippen LogP contribution is -2.06. The highest BCUT2D eigenvalue weighted by Gasteiger charge is 2.20. The monoisotopic (exact) mass is 289 g/mol. The topological polar surface area (TPSA) is 42.4 Å². The van der Waals surface area contributed by atoms with E-state index in [1.165, 1.54) is 0 Å². The van der Waals surface area contributed by atoms with Gasteiger partial charge in [0.2, 0.25) is 0 Å². The minimum absolute atomic E-state index is 0.482. The first-order valence-corrected chi connectivity index (χ1v) is 7.06. The van der Waals surface area contributed by atoms with Gasteiger partial charge in [0.15, 0.2) is 0 Å². The molecular formula is C16H16ClNO2. The molecule has 0 radical (unpaired) electrons. The standard InChI is InChI=1S/C16H16ClNO2/c1-10-14(3-2-5-18-10)15(19)9-12-8-13(17)7-11-4-6-20-16(11)12/h2-3,5,7-8,15,19H,4,6,9H2,1H3. The van der Waals surface area contributed by atoms with Gasteiger partial charge in [-0.15, -0.1) is 0 Å². The summed E-state index contributed by atoms with van der Waals surface area (Å²) in [4.78, 5) is 4.21. The van der Waals surface area contributed by atoms with E-state index in [0.717, 1.165) is 34.6 Å². The summed E-state index contributed by atoms with van der Waals surface area (Å²) in [6.45, 7) is 2.59. The SMILES string of the molecule is Cc1ncccc1C(O)Cc1cc(Cl)cc2c1OCC2. The highest BCUT2D eigenvalue weighted by atomic mass is 35.5. The summed E-state index contributed by atoms with van der Waals surface area (Å²) in [6.07, 6.45) is 2.49. The number of hydrogen-bond donors (Lipinski definition) is 1. The number of nitrogens with zero attached hydrogens (tertiary/aromatic N) is 1. The number of pyridine rings is 1. The Hall–Kier alpha value is -1.58. The first-order chi connectivity index (χ1) is 9.65. The Balaban J connectivity index is 1.90. The number of hydrogen-bond acceptors (Lipinski definition) is 3. The van der Waals surface area contributed by atoms with Crippen LogP contribution < -0.4 is 4.74 Å². The van der Waals surface area contributed by atoms with Gasteiger partial charge in [0.1, 0.15) is 5.75 Å². The molecule has 0 spiro atoms. The van der Waals surface area contributed by atoms with Crippen molar-refractivity contribution in [2.45, 2.75) is 25.9 Å². The third-order valence-electron chi connectivity index (χ3n) is 3.65. The number of aliphatic hydroxyl groups excluding tert-OH is 1. The fourth-order valence-electron chi connectivity index (χ4n) is 2.66. The maximum atomic E-state index is 10.4. The van der Waals surface area contributed by atoms with Crippen molar-refractivity contribution in [3.05, 3.63) is 57.9 Å². The zero-order chi connectivity index (χ0) is 14.1. The Morgan fingerprint density at radius 2 is 2.30 bits per heavy atom. The second-order valence-electron chi connectivity index (χ2n) is 5.05. The molecule has 0 aliphatic carbocycles. The van der Waals surface area contributed by atoms with Crippen LogP contribution in [0.5, 0.6) is 5.75 Å². The number of ether oxygens (including phenoxy) is 1. The predicted octanol–water partition coefficient (Wildman–Crippen LogP) is 3.25. The average molecular weight is 290 g/mol. The maximum absolute atomic E-state index is 10.4. The van der Waals surface area contributed by atoms with Crippen molar-refractivity contribution in [2.24, 2.45) is 0 Å². The van der Waals surface area contributed by atoms with E-state index in [2.05, 4.69) is 4.98 Å². The van der Waals surface area contributed by atoms with E-state index < -0.39 is 6.10 Å². The Morgan fingerprint density at radius 3 is 3.10 bits per heavy atom. The van der Waals surface area contributed by atoms with E-state index >= 15 is 0 Å². The van der Waals surface area contributed by atoms with Crippen LogP contribution in [0.3, 0.4) is 0 Å². The number of aliphatic hydroxyl groups is 1. The number of fused-ring (bicyclic) bond motifs is 1. The summed E-state index contributed by atoms with van der Waals surface area (Å²) >= 11 is 6.14. The van der Waals surface area contributed by atoms with Gasteiger partial charge in [0, 0.05) is 35.3 Å². The molecule has 1 aliphatic rings. The number of aromatic nitrogens is 1. The largest absolute Gasteiger partial charge is 0.493 e. The molecule has 0 bridgehead atoms. The molecule has 2 heterocycles. The molecule has 0 saturated carbocycles. The summed E-state index contributed by atoms with van der Waals surface area (Å²) in [7, 11) is 0. The highest BCUT2D eigenvalue weighted by Crippen LogP contribution is 2.35. The molecule has 1 atom stereocenters. The fraction of sp³-hybridized carbons (Fsp3) is 0.312. The van der Waals surface area contributed by atoms with Gasteiger partial charge in [-0.3, -0.25) is 4.98 Å². The van der Waals surface area contributed by atoms with Gasteiger partial charge in [-0.1, -0.05) is 17.7 Å². The Kier molecular flexibility index (Phi) is 3.64. The van der Waals surface area contributed by atoms with Gasteiger partial charge in [0.25, 0.3) is 0 Å². The van der Waals surface area contributed by atoms with E-state index in [-0.39, 0.29) is 0 Å². The van der Waals surface area contributed by atoms with Crippen molar-refractivity contribution in [1.82, 2.24) is 4.98 Å². The van der Waals surface area contributed by atoms with Gasteiger partial charge in [-0.2, -0.15) is 0 Å². The minimum atomic E-state index is -0.601. The predicted molar refractivity (Wildman–Crippen MR) is 78.3 cm³/mol. The quantitative estimate of drug-likeness (QED) is 0.943. The van der Waals surface area contributed by atoms with Crippen LogP contribution in [0.1, 0.15) is 28.5 Å². The van der Waals surface area contributed by atoms with E-state index in [1.54, 1.807) is 6.20 Å². The Bertz CT molecular complexity index is 642. The minimum Gasteiger partial charge on any atom is -0.493 e. The van der Waals surface area contributed by atoms with Gasteiger partial charge in [-0.05, 0) is 36.2 Å². The van der Waals surface area contributed by atoms with Crippen LogP contribution in [0.15, 0.2) is 30.5 Å². The molecule has 1 aromatic carbocycles. The molecule has 0 saturated heterocycles. The summed E-state index contributed by atoms with van der Waals surface area (Å²) in [6, 6.07) is 7.55. The van der Waals surface area contributed by atoms with Crippen LogP contribution in [0, 0.1) is 6.92 Å². The molecule has 0 amide bonds. The average Bonchev–Trinajstić information content (AvgIpc) is 2.87. The van der Waals surface area contributed by atoms with Crippen molar-refractivity contribution in [1.29, 1.82) is 0 Å². The summed E-state index contributed by atoms with van der Waals surface area (Å²) in [5.41, 5.74) is 3.78. The number of rotatable bonds is 3. The van der Waals surface area contributed by atoms with Crippen molar-refractivity contribution in [3.63, 3.8) is 0 Å². The van der Waals surface area contributed by atoms with Crippen molar-refractivity contribution in [3.8, 4) is 5.75 Å². The molecule has 1 unspecified atom stereocenters. The number of benzene rings is 1. The fourth-order valence-corrected chi connectivity index (χ4v) is 2.93. The van der Waals surface area contributed by atoms with Crippen molar-refractivity contribution < 1.29 is 9.84 Å². The summed E-state index contributed by atoms with van der Waals surface area (Å²) < 4.78 is 5.67. The lowest BCUT2D eigenvalue weighted by Gasteiger charge is -2.15. The van der Waals surface area contributed by atoms with Crippen LogP contribution >= 0.6 is 11.6 Å². The van der Waals surface area contributed by atoms with Gasteiger partial charge in [0.05, 0.1) is 12.7 Å². The smallest absolute Gasteiger partial charge is 0.126 e. The lowest BCUT2D eigenvalue weighted by atomic mass is 9.98.